The zero-order valence-corrected chi connectivity index (χ0v) is 9.29. The van der Waals surface area contributed by atoms with Crippen molar-refractivity contribution in [3.8, 4) is 0 Å². The van der Waals surface area contributed by atoms with Crippen LogP contribution in [0, 0.1) is 0 Å². The molecule has 0 bridgehead atoms. The molecule has 0 fully saturated rings. The van der Waals surface area contributed by atoms with E-state index in [4.69, 9.17) is 11.6 Å². The van der Waals surface area contributed by atoms with Crippen molar-refractivity contribution in [2.75, 3.05) is 12.3 Å². The second-order valence-electron chi connectivity index (χ2n) is 2.59. The van der Waals surface area contributed by atoms with Crippen LogP contribution in [0.15, 0.2) is 11.4 Å². The van der Waals surface area contributed by atoms with E-state index in [1.165, 1.54) is 11.3 Å². The van der Waals surface area contributed by atoms with E-state index in [9.17, 15) is 4.79 Å². The zero-order chi connectivity index (χ0) is 10.4. The number of nitrogens with two attached hydrogens (primary N) is 2. The normalized spacial score (nSPS) is 10.1. The molecule has 5 N–H and O–H groups in total. The van der Waals surface area contributed by atoms with Gasteiger partial charge in [0, 0.05) is 18.1 Å². The Morgan fingerprint density at radius 2 is 2.43 bits per heavy atom. The van der Waals surface area contributed by atoms with Crippen LogP contribution < -0.4 is 17.0 Å². The van der Waals surface area contributed by atoms with E-state index in [1.807, 2.05) is 11.4 Å². The van der Waals surface area contributed by atoms with Crippen LogP contribution in [0.5, 0.6) is 0 Å². The summed E-state index contributed by atoms with van der Waals surface area (Å²) in [6.45, 7) is 0.660. The lowest BCUT2D eigenvalue weighted by molar-refractivity contribution is 0.0957. The van der Waals surface area contributed by atoms with E-state index in [2.05, 4.69) is 5.43 Å². The van der Waals surface area contributed by atoms with Crippen molar-refractivity contribution in [2.24, 2.45) is 11.6 Å². The summed E-state index contributed by atoms with van der Waals surface area (Å²) in [5.41, 5.74) is 8.53. The molecule has 0 aliphatic heterocycles. The second-order valence-corrected chi connectivity index (χ2v) is 4.61. The Bertz CT molecular complexity index is 301. The fourth-order valence-electron chi connectivity index (χ4n) is 0.980. The molecule has 78 valence electrons. The molecular formula is C8H13N3OS2. The first-order valence-corrected chi connectivity index (χ1v) is 6.18. The van der Waals surface area contributed by atoms with Crippen LogP contribution in [0.25, 0.3) is 0 Å². The Morgan fingerprint density at radius 3 is 3.07 bits per heavy atom. The summed E-state index contributed by atoms with van der Waals surface area (Å²) in [6, 6.07) is 1.94. The summed E-state index contributed by atoms with van der Waals surface area (Å²) in [6.07, 6.45) is 0. The van der Waals surface area contributed by atoms with Crippen LogP contribution in [0.3, 0.4) is 0 Å². The smallest absolute Gasteiger partial charge is 0.275 e. The average Bonchev–Trinajstić information content (AvgIpc) is 2.65. The van der Waals surface area contributed by atoms with E-state index in [0.717, 1.165) is 17.1 Å². The summed E-state index contributed by atoms with van der Waals surface area (Å²) < 4.78 is 0. The second kappa shape index (κ2) is 6.02. The molecule has 1 aromatic heterocycles. The Labute approximate surface area is 91.0 Å². The lowest BCUT2D eigenvalue weighted by Gasteiger charge is -2.01. The summed E-state index contributed by atoms with van der Waals surface area (Å²) in [4.78, 5) is 12.0. The predicted octanol–water partition coefficient (Wildman–Crippen LogP) is 0.544. The monoisotopic (exact) mass is 231 g/mol. The number of carbonyl (C=O) groups excluding carboxylic acids is 1. The predicted molar refractivity (Wildman–Crippen MR) is 61.2 cm³/mol. The number of rotatable bonds is 5. The summed E-state index contributed by atoms with van der Waals surface area (Å²) in [5, 5.41) is 1.89. The Kier molecular flexibility index (Phi) is 4.95. The minimum absolute atomic E-state index is 0.219. The molecule has 0 saturated heterocycles. The van der Waals surface area contributed by atoms with E-state index < -0.39 is 0 Å². The van der Waals surface area contributed by atoms with E-state index in [0.29, 0.717) is 11.4 Å². The van der Waals surface area contributed by atoms with Gasteiger partial charge in [-0.25, -0.2) is 5.84 Å². The molecule has 4 nitrogen and oxygen atoms in total. The summed E-state index contributed by atoms with van der Waals surface area (Å²) >= 11 is 3.12. The first kappa shape index (κ1) is 11.5. The van der Waals surface area contributed by atoms with E-state index >= 15 is 0 Å². The molecule has 14 heavy (non-hydrogen) atoms. The lowest BCUT2D eigenvalue weighted by atomic mass is 10.3. The van der Waals surface area contributed by atoms with Crippen LogP contribution in [0.2, 0.25) is 0 Å². The third kappa shape index (κ3) is 2.98. The number of carbonyl (C=O) groups is 1. The molecule has 0 spiro atoms. The fourth-order valence-corrected chi connectivity index (χ4v) is 2.67. The zero-order valence-electron chi connectivity index (χ0n) is 7.66. The Balaban J connectivity index is 2.58. The third-order valence-corrected chi connectivity index (χ3v) is 3.60. The lowest BCUT2D eigenvalue weighted by Crippen LogP contribution is -2.29. The van der Waals surface area contributed by atoms with Crippen molar-refractivity contribution in [3.63, 3.8) is 0 Å². The Hall–Kier alpha value is -0.560. The quantitative estimate of drug-likeness (QED) is 0.299. The van der Waals surface area contributed by atoms with Crippen LogP contribution >= 0.6 is 23.1 Å². The number of thiophene rings is 1. The van der Waals surface area contributed by atoms with Crippen molar-refractivity contribution in [2.45, 2.75) is 5.75 Å². The van der Waals surface area contributed by atoms with Gasteiger partial charge in [-0.2, -0.15) is 11.8 Å². The number of thioether (sulfide) groups is 1. The first-order chi connectivity index (χ1) is 6.79. The van der Waals surface area contributed by atoms with Crippen LogP contribution in [-0.4, -0.2) is 18.2 Å². The molecule has 1 heterocycles. The van der Waals surface area contributed by atoms with Gasteiger partial charge in [-0.1, -0.05) is 0 Å². The molecule has 6 heteroatoms. The minimum atomic E-state index is -0.219. The first-order valence-electron chi connectivity index (χ1n) is 4.14. The molecule has 0 saturated carbocycles. The van der Waals surface area contributed by atoms with Gasteiger partial charge in [0.2, 0.25) is 0 Å². The highest BCUT2D eigenvalue weighted by molar-refractivity contribution is 7.98. The summed E-state index contributed by atoms with van der Waals surface area (Å²) in [7, 11) is 0. The van der Waals surface area contributed by atoms with Gasteiger partial charge in [-0.15, -0.1) is 11.3 Å². The maximum absolute atomic E-state index is 11.3. The molecule has 0 aliphatic carbocycles. The number of nitrogens with one attached hydrogen (secondary N) is 1. The topological polar surface area (TPSA) is 81.1 Å². The van der Waals surface area contributed by atoms with Crippen molar-refractivity contribution in [1.29, 1.82) is 0 Å². The number of hydrazine groups is 1. The van der Waals surface area contributed by atoms with Crippen molar-refractivity contribution in [1.82, 2.24) is 5.43 Å². The van der Waals surface area contributed by atoms with Crippen molar-refractivity contribution < 1.29 is 4.79 Å². The van der Waals surface area contributed by atoms with Crippen LogP contribution in [0.1, 0.15) is 15.2 Å². The number of hydrogen-bond acceptors (Lipinski definition) is 5. The molecule has 0 aliphatic rings. The largest absolute Gasteiger partial charge is 0.330 e. The van der Waals surface area contributed by atoms with Gasteiger partial charge in [0.05, 0.1) is 4.88 Å². The average molecular weight is 231 g/mol. The highest BCUT2D eigenvalue weighted by Gasteiger charge is 2.11. The van der Waals surface area contributed by atoms with Gasteiger partial charge < -0.3 is 5.73 Å². The van der Waals surface area contributed by atoms with Crippen LogP contribution in [-0.2, 0) is 5.75 Å². The molecule has 0 radical (unpaired) electrons. The fraction of sp³-hybridized carbons (Fsp3) is 0.375. The Morgan fingerprint density at radius 1 is 1.64 bits per heavy atom. The van der Waals surface area contributed by atoms with E-state index in [1.54, 1.807) is 11.8 Å². The molecule has 0 atom stereocenters. The number of amides is 1. The van der Waals surface area contributed by atoms with Crippen molar-refractivity contribution >= 4 is 29.0 Å². The highest BCUT2D eigenvalue weighted by Crippen LogP contribution is 2.21. The molecule has 1 aromatic rings. The molecule has 1 rings (SSSR count). The molecule has 0 aromatic carbocycles. The van der Waals surface area contributed by atoms with E-state index in [-0.39, 0.29) is 5.91 Å². The maximum Gasteiger partial charge on any atom is 0.275 e. The number of hydrogen-bond donors (Lipinski definition) is 3. The summed E-state index contributed by atoms with van der Waals surface area (Å²) in [5.74, 6) is 6.56. The van der Waals surface area contributed by atoms with Gasteiger partial charge in [-0.05, 0) is 17.0 Å². The third-order valence-electron chi connectivity index (χ3n) is 1.60. The van der Waals surface area contributed by atoms with Gasteiger partial charge in [0.25, 0.3) is 5.91 Å². The van der Waals surface area contributed by atoms with Gasteiger partial charge in [0.15, 0.2) is 0 Å². The van der Waals surface area contributed by atoms with Crippen LogP contribution in [0.4, 0.5) is 0 Å². The minimum Gasteiger partial charge on any atom is -0.330 e. The van der Waals surface area contributed by atoms with Gasteiger partial charge >= 0.3 is 0 Å². The van der Waals surface area contributed by atoms with Gasteiger partial charge in [0.1, 0.15) is 0 Å². The molecular weight excluding hydrogens is 218 g/mol. The van der Waals surface area contributed by atoms with Gasteiger partial charge in [-0.3, -0.25) is 10.2 Å². The highest BCUT2D eigenvalue weighted by atomic mass is 32.2. The van der Waals surface area contributed by atoms with Crippen molar-refractivity contribution in [3.05, 3.63) is 21.9 Å². The standard InChI is InChI=1S/C8H13N3OS2/c9-2-4-13-5-6-1-3-14-7(6)8(12)11-10/h1,3H,2,4-5,9-10H2,(H,11,12). The molecule has 0 unspecified atom stereocenters. The molecule has 1 amide bonds. The SMILES string of the molecule is NCCSCc1ccsc1C(=O)NN. The maximum atomic E-state index is 11.3. The number of nitrogen functional groups attached to an aromatic ring is 1.